The van der Waals surface area contributed by atoms with Gasteiger partial charge in [-0.15, -0.1) is 0 Å². The molecule has 1 N–H and O–H groups in total. The highest BCUT2D eigenvalue weighted by Crippen LogP contribution is 2.32. The predicted molar refractivity (Wildman–Crippen MR) is 93.8 cm³/mol. The van der Waals surface area contributed by atoms with E-state index in [-0.39, 0.29) is 6.04 Å². The van der Waals surface area contributed by atoms with Gasteiger partial charge in [0.05, 0.1) is 17.3 Å². The zero-order chi connectivity index (χ0) is 17.9. The molecule has 2 aromatic heterocycles. The monoisotopic (exact) mass is 357 g/mol. The lowest BCUT2D eigenvalue weighted by Crippen LogP contribution is -2.42. The largest absolute Gasteiger partial charge is 0.303 e. The van der Waals surface area contributed by atoms with Crippen LogP contribution in [0.2, 0.25) is 0 Å². The van der Waals surface area contributed by atoms with Crippen LogP contribution in [0.5, 0.6) is 0 Å². The van der Waals surface area contributed by atoms with E-state index in [2.05, 4.69) is 14.7 Å². The highest BCUT2D eigenvalue weighted by Gasteiger charge is 2.34. The van der Waals surface area contributed by atoms with Gasteiger partial charge in [0.1, 0.15) is 11.9 Å². The van der Waals surface area contributed by atoms with Crippen molar-refractivity contribution in [2.75, 3.05) is 11.3 Å². The second-order valence-corrected chi connectivity index (χ2v) is 7.60. The van der Waals surface area contributed by atoms with Gasteiger partial charge in [0.25, 0.3) is 0 Å². The molecule has 1 fully saturated rings. The molecule has 0 aliphatic carbocycles. The molecular weight excluding hydrogens is 338 g/mol. The lowest BCUT2D eigenvalue weighted by molar-refractivity contribution is 0.253. The number of hydrogen-bond donors (Lipinski definition) is 1. The van der Waals surface area contributed by atoms with Crippen LogP contribution >= 0.6 is 0 Å². The summed E-state index contributed by atoms with van der Waals surface area (Å²) in [6.45, 7) is 2.23. The molecule has 1 aliphatic heterocycles. The SMILES string of the molecule is Cc1cccc(NS(=O)(=O)N2CCCCC2c2ccc(C#N)cn2)n1. The van der Waals surface area contributed by atoms with Crippen molar-refractivity contribution >= 4 is 16.0 Å². The third-order valence-corrected chi connectivity index (χ3v) is 5.66. The van der Waals surface area contributed by atoms with E-state index in [4.69, 9.17) is 5.26 Å². The molecule has 130 valence electrons. The van der Waals surface area contributed by atoms with Gasteiger partial charge in [-0.1, -0.05) is 12.5 Å². The van der Waals surface area contributed by atoms with Crippen molar-refractivity contribution in [1.82, 2.24) is 14.3 Å². The van der Waals surface area contributed by atoms with Crippen LogP contribution in [-0.4, -0.2) is 29.2 Å². The third-order valence-electron chi connectivity index (χ3n) is 4.14. The van der Waals surface area contributed by atoms with Gasteiger partial charge < -0.3 is 0 Å². The molecule has 8 heteroatoms. The first-order valence-corrected chi connectivity index (χ1v) is 9.53. The highest BCUT2D eigenvalue weighted by atomic mass is 32.2. The first kappa shape index (κ1) is 17.3. The van der Waals surface area contributed by atoms with E-state index in [1.165, 1.54) is 10.5 Å². The Bertz CT molecular complexity index is 890. The number of aryl methyl sites for hydroxylation is 1. The summed E-state index contributed by atoms with van der Waals surface area (Å²) in [7, 11) is -3.75. The van der Waals surface area contributed by atoms with E-state index < -0.39 is 10.2 Å². The van der Waals surface area contributed by atoms with Gasteiger partial charge in [0.2, 0.25) is 0 Å². The summed E-state index contributed by atoms with van der Waals surface area (Å²) in [5.41, 5.74) is 1.85. The van der Waals surface area contributed by atoms with E-state index in [1.807, 2.05) is 19.1 Å². The molecular formula is C17H19N5O2S. The molecule has 2 aromatic rings. The Balaban J connectivity index is 1.87. The lowest BCUT2D eigenvalue weighted by Gasteiger charge is -2.34. The molecule has 7 nitrogen and oxygen atoms in total. The lowest BCUT2D eigenvalue weighted by atomic mass is 10.0. The van der Waals surface area contributed by atoms with E-state index in [1.54, 1.807) is 24.3 Å². The minimum Gasteiger partial charge on any atom is -0.258 e. The smallest absolute Gasteiger partial charge is 0.258 e. The van der Waals surface area contributed by atoms with Crippen molar-refractivity contribution in [2.24, 2.45) is 0 Å². The molecule has 1 atom stereocenters. The Morgan fingerprint density at radius 3 is 2.80 bits per heavy atom. The maximum atomic E-state index is 12.9. The molecule has 0 saturated carbocycles. The number of pyridine rings is 2. The normalized spacial score (nSPS) is 18.5. The summed E-state index contributed by atoms with van der Waals surface area (Å²) in [6, 6.07) is 10.3. The second kappa shape index (κ2) is 7.17. The van der Waals surface area contributed by atoms with Crippen LogP contribution in [0.3, 0.4) is 0 Å². The number of piperidine rings is 1. The summed E-state index contributed by atoms with van der Waals surface area (Å²) in [5.74, 6) is 0.303. The molecule has 0 aromatic carbocycles. The van der Waals surface area contributed by atoms with Crippen LogP contribution < -0.4 is 4.72 Å². The Morgan fingerprint density at radius 2 is 2.12 bits per heavy atom. The van der Waals surface area contributed by atoms with Crippen LogP contribution in [0, 0.1) is 18.3 Å². The van der Waals surface area contributed by atoms with Crippen LogP contribution in [-0.2, 0) is 10.2 Å². The first-order chi connectivity index (χ1) is 12.0. The molecule has 1 aliphatic rings. The van der Waals surface area contributed by atoms with Gasteiger partial charge in [-0.05, 0) is 44.0 Å². The maximum absolute atomic E-state index is 12.9. The van der Waals surface area contributed by atoms with Crippen LogP contribution in [0.1, 0.15) is 42.3 Å². The number of nitrogens with zero attached hydrogens (tertiary/aromatic N) is 4. The van der Waals surface area contributed by atoms with Crippen molar-refractivity contribution in [3.63, 3.8) is 0 Å². The molecule has 0 amide bonds. The fourth-order valence-corrected chi connectivity index (χ4v) is 4.36. The Kier molecular flexibility index (Phi) is 4.97. The number of aromatic nitrogens is 2. The van der Waals surface area contributed by atoms with Crippen molar-refractivity contribution in [3.8, 4) is 6.07 Å². The van der Waals surface area contributed by atoms with Gasteiger partial charge in [0.15, 0.2) is 0 Å². The first-order valence-electron chi connectivity index (χ1n) is 8.09. The maximum Gasteiger partial charge on any atom is 0.303 e. The van der Waals surface area contributed by atoms with E-state index in [9.17, 15) is 8.42 Å². The fraction of sp³-hybridized carbons (Fsp3) is 0.353. The van der Waals surface area contributed by atoms with E-state index >= 15 is 0 Å². The molecule has 3 rings (SSSR count). The Hall–Kier alpha value is -2.50. The predicted octanol–water partition coefficient (Wildman–Crippen LogP) is 2.54. The van der Waals surface area contributed by atoms with Crippen LogP contribution in [0.4, 0.5) is 5.82 Å². The topological polar surface area (TPSA) is 99.0 Å². The number of rotatable bonds is 4. The van der Waals surface area contributed by atoms with Crippen molar-refractivity contribution in [3.05, 3.63) is 53.5 Å². The van der Waals surface area contributed by atoms with E-state index in [0.717, 1.165) is 18.5 Å². The zero-order valence-corrected chi connectivity index (χ0v) is 14.7. The Morgan fingerprint density at radius 1 is 1.28 bits per heavy atom. The molecule has 0 radical (unpaired) electrons. The quantitative estimate of drug-likeness (QED) is 0.906. The van der Waals surface area contributed by atoms with Gasteiger partial charge in [-0.3, -0.25) is 9.71 Å². The van der Waals surface area contributed by atoms with Gasteiger partial charge in [-0.25, -0.2) is 4.98 Å². The number of nitrogens with one attached hydrogen (secondary N) is 1. The van der Waals surface area contributed by atoms with Crippen LogP contribution in [0.15, 0.2) is 36.5 Å². The van der Waals surface area contributed by atoms with Gasteiger partial charge >= 0.3 is 10.2 Å². The fourth-order valence-electron chi connectivity index (χ4n) is 2.95. The molecule has 3 heterocycles. The molecule has 0 bridgehead atoms. The van der Waals surface area contributed by atoms with Gasteiger partial charge in [-0.2, -0.15) is 18.0 Å². The average molecular weight is 357 g/mol. The third kappa shape index (κ3) is 3.95. The number of anilines is 1. The second-order valence-electron chi connectivity index (χ2n) is 5.98. The molecule has 1 saturated heterocycles. The average Bonchev–Trinajstić information content (AvgIpc) is 2.61. The van der Waals surface area contributed by atoms with Crippen molar-refractivity contribution in [2.45, 2.75) is 32.2 Å². The Labute approximate surface area is 147 Å². The van der Waals surface area contributed by atoms with Crippen LogP contribution in [0.25, 0.3) is 0 Å². The number of nitriles is 1. The summed E-state index contributed by atoms with van der Waals surface area (Å²) in [5, 5.41) is 8.89. The van der Waals surface area contributed by atoms with Gasteiger partial charge in [0, 0.05) is 18.4 Å². The summed E-state index contributed by atoms with van der Waals surface area (Å²) >= 11 is 0. The molecule has 0 spiro atoms. The zero-order valence-electron chi connectivity index (χ0n) is 13.9. The minimum atomic E-state index is -3.75. The standard InChI is InChI=1S/C17H19N5O2S/c1-13-5-4-7-17(20-13)21-25(23,24)22-10-3-2-6-16(22)15-9-8-14(11-18)12-19-15/h4-5,7-9,12,16H,2-3,6,10H2,1H3,(H,20,21). The molecule has 25 heavy (non-hydrogen) atoms. The van der Waals surface area contributed by atoms with Crippen molar-refractivity contribution in [1.29, 1.82) is 5.26 Å². The summed E-state index contributed by atoms with van der Waals surface area (Å²) < 4.78 is 29.7. The highest BCUT2D eigenvalue weighted by molar-refractivity contribution is 7.90. The van der Waals surface area contributed by atoms with E-state index in [0.29, 0.717) is 30.0 Å². The number of hydrogen-bond acceptors (Lipinski definition) is 5. The minimum absolute atomic E-state index is 0.303. The summed E-state index contributed by atoms with van der Waals surface area (Å²) in [6.07, 6.45) is 3.90. The van der Waals surface area contributed by atoms with Crippen molar-refractivity contribution < 1.29 is 8.42 Å². The molecule has 1 unspecified atom stereocenters. The summed E-state index contributed by atoms with van der Waals surface area (Å²) in [4.78, 5) is 8.49.